The molecule has 206 valence electrons. The Labute approximate surface area is 256 Å². The van der Waals surface area contributed by atoms with Crippen LogP contribution in [-0.2, 0) is 4.57 Å². The number of anilines is 1. The molecule has 0 radical (unpaired) electrons. The summed E-state index contributed by atoms with van der Waals surface area (Å²) in [7, 11) is -5.31. The number of carbonyl (C=O) groups excluding carboxylic acids is 1. The van der Waals surface area contributed by atoms with Crippen molar-refractivity contribution in [2.75, 3.05) is 5.32 Å². The third kappa shape index (κ3) is 16.5. The van der Waals surface area contributed by atoms with Crippen LogP contribution in [0.1, 0.15) is 21.5 Å². The van der Waals surface area contributed by atoms with Crippen molar-refractivity contribution in [1.82, 2.24) is 0 Å². The summed E-state index contributed by atoms with van der Waals surface area (Å²) >= 11 is 0. The Morgan fingerprint density at radius 3 is 1.65 bits per heavy atom. The van der Waals surface area contributed by atoms with E-state index < -0.39 is 13.7 Å². The van der Waals surface area contributed by atoms with Gasteiger partial charge in [-0.15, -0.1) is 0 Å². The van der Waals surface area contributed by atoms with Gasteiger partial charge in [-0.25, -0.2) is 0 Å². The van der Waals surface area contributed by atoms with Crippen LogP contribution in [0.2, 0.25) is 0 Å². The number of hydrogen-bond acceptors (Lipinski definition) is 5. The number of phosphoric acid groups is 1. The van der Waals surface area contributed by atoms with Gasteiger partial charge in [0.25, 0.3) is 5.91 Å². The van der Waals surface area contributed by atoms with Crippen LogP contribution in [0.4, 0.5) is 5.69 Å². The molecule has 0 saturated carbocycles. The van der Waals surface area contributed by atoms with Gasteiger partial charge in [-0.3, -0.25) is 4.79 Å². The minimum atomic E-state index is -5.31. The monoisotopic (exact) mass is 577 g/mol. The number of amides is 1. The largest absolute Gasteiger partial charge is 1.00 e. The average Bonchev–Trinajstić information content (AvgIpc) is 2.55. The Balaban J connectivity index is -0.000000102. The van der Waals surface area contributed by atoms with Gasteiger partial charge in [0.2, 0.25) is 0 Å². The fourth-order valence-corrected chi connectivity index (χ4v) is 3.13. The first-order chi connectivity index (χ1) is 12.2. The second-order valence-electron chi connectivity index (χ2n) is 6.01. The van der Waals surface area contributed by atoms with Crippen molar-refractivity contribution in [2.45, 2.75) is 13.8 Å². The second kappa shape index (κ2) is 25.3. The minimum absolute atomic E-state index is 0. The Hall–Kier alpha value is -1.02. The summed E-state index contributed by atoms with van der Waals surface area (Å²) in [5.41, 5.74) is 2.47. The van der Waals surface area contributed by atoms with E-state index in [-0.39, 0.29) is 120 Å². The molecule has 0 aliphatic carbocycles. The molecule has 37 heavy (non-hydrogen) atoms. The molecule has 15 nitrogen and oxygen atoms in total. The van der Waals surface area contributed by atoms with Crippen LogP contribution < -0.4 is 78.7 Å². The topological polar surface area (TPSA) is 385 Å². The van der Waals surface area contributed by atoms with Gasteiger partial charge < -0.3 is 73.5 Å². The van der Waals surface area contributed by atoms with Crippen molar-refractivity contribution in [3.05, 3.63) is 71.3 Å². The SMILES string of the molecule is Cc1ccc(NC(=O)c2cc3ccccc3cc2OP(=O)([O-])[O-])c(C)c1.O.O.O.O.O.O.O.O.O.[Na+].[Na+]. The Kier molecular flexibility index (Phi) is 41.3. The molecule has 0 heterocycles. The molecular weight excluding hydrogens is 543 g/mol. The number of carbonyl (C=O) groups is 1. The van der Waals surface area contributed by atoms with Crippen molar-refractivity contribution in [2.24, 2.45) is 0 Å². The van der Waals surface area contributed by atoms with Gasteiger partial charge in [-0.1, -0.05) is 42.0 Å². The molecule has 0 aromatic heterocycles. The van der Waals surface area contributed by atoms with E-state index in [1.807, 2.05) is 26.0 Å². The van der Waals surface area contributed by atoms with Crippen LogP contribution in [0, 0.1) is 13.8 Å². The van der Waals surface area contributed by atoms with E-state index in [0.717, 1.165) is 16.5 Å². The summed E-state index contributed by atoms with van der Waals surface area (Å²) in [4.78, 5) is 34.9. The molecule has 0 bridgehead atoms. The van der Waals surface area contributed by atoms with Crippen molar-refractivity contribution in [3.63, 3.8) is 0 Å². The quantitative estimate of drug-likeness (QED) is 0.232. The van der Waals surface area contributed by atoms with E-state index >= 15 is 0 Å². The van der Waals surface area contributed by atoms with Crippen molar-refractivity contribution in [3.8, 4) is 5.75 Å². The van der Waals surface area contributed by atoms with Crippen LogP contribution in [0.5, 0.6) is 5.75 Å². The number of benzene rings is 3. The molecule has 0 aliphatic heterocycles. The van der Waals surface area contributed by atoms with E-state index in [2.05, 4.69) is 9.84 Å². The normalized spacial score (nSPS) is 8.00. The zero-order valence-corrected chi connectivity index (χ0v) is 25.6. The first kappa shape index (κ1) is 60.5. The Morgan fingerprint density at radius 1 is 0.757 bits per heavy atom. The Bertz CT molecular complexity index is 1070. The van der Waals surface area contributed by atoms with Gasteiger partial charge in [0.05, 0.1) is 5.56 Å². The van der Waals surface area contributed by atoms with E-state index in [0.29, 0.717) is 11.1 Å². The van der Waals surface area contributed by atoms with Gasteiger partial charge in [-0.05, 0) is 48.4 Å². The minimum Gasteiger partial charge on any atom is -0.780 e. The molecule has 0 atom stereocenters. The number of phosphoric ester groups is 1. The molecule has 1 amide bonds. The number of nitrogens with one attached hydrogen (secondary N) is 1. The molecular formula is C19H34NNa2O14P. The van der Waals surface area contributed by atoms with E-state index in [9.17, 15) is 19.1 Å². The maximum absolute atomic E-state index is 12.7. The molecule has 19 N–H and O–H groups in total. The fraction of sp³-hybridized carbons (Fsp3) is 0.105. The molecule has 3 rings (SSSR count). The van der Waals surface area contributed by atoms with E-state index in [1.54, 1.807) is 30.3 Å². The zero-order valence-electron chi connectivity index (χ0n) is 20.7. The maximum Gasteiger partial charge on any atom is 1.00 e. The predicted octanol–water partition coefficient (Wildman–Crippen LogP) is -10.5. The van der Waals surface area contributed by atoms with Crippen LogP contribution in [0.25, 0.3) is 10.8 Å². The van der Waals surface area contributed by atoms with Gasteiger partial charge in [0.15, 0.2) is 0 Å². The third-order valence-electron chi connectivity index (χ3n) is 3.93. The zero-order chi connectivity index (χ0) is 18.9. The summed E-state index contributed by atoms with van der Waals surface area (Å²) in [6.45, 7) is 3.79. The summed E-state index contributed by atoms with van der Waals surface area (Å²) in [6.07, 6.45) is 0. The standard InChI is InChI=1S/C19H18NO5P.2Na.9H2O/c1-12-7-8-17(13(2)9-12)20-19(21)16-10-14-5-3-4-6-15(14)11-18(16)25-26(22,23)24;;;;;;;;;;;/h3-11H,1-2H3,(H,20,21)(H2,22,23,24);;;9*1H2/q;2*+1;;;;;;;;;/p-2. The number of aryl methyl sites for hydroxylation is 2. The smallest absolute Gasteiger partial charge is 0.780 e. The molecule has 0 unspecified atom stereocenters. The third-order valence-corrected chi connectivity index (χ3v) is 4.35. The number of rotatable bonds is 4. The summed E-state index contributed by atoms with van der Waals surface area (Å²) in [5.74, 6) is -0.856. The van der Waals surface area contributed by atoms with Gasteiger partial charge in [-0.2, -0.15) is 0 Å². The van der Waals surface area contributed by atoms with Crippen LogP contribution >= 0.6 is 7.82 Å². The molecule has 0 fully saturated rings. The summed E-state index contributed by atoms with van der Waals surface area (Å²) < 4.78 is 15.6. The molecule has 3 aromatic carbocycles. The first-order valence-corrected chi connectivity index (χ1v) is 9.32. The Morgan fingerprint density at radius 2 is 1.22 bits per heavy atom. The summed E-state index contributed by atoms with van der Waals surface area (Å²) in [5, 5.41) is 4.10. The number of fused-ring (bicyclic) bond motifs is 1. The fourth-order valence-electron chi connectivity index (χ4n) is 2.74. The maximum atomic E-state index is 12.7. The van der Waals surface area contributed by atoms with Crippen molar-refractivity contribution < 1.29 is 132 Å². The average molecular weight is 577 g/mol. The second-order valence-corrected chi connectivity index (χ2v) is 7.08. The van der Waals surface area contributed by atoms with Crippen LogP contribution in [-0.4, -0.2) is 55.2 Å². The number of hydrogen-bond donors (Lipinski definition) is 1. The first-order valence-electron chi connectivity index (χ1n) is 7.86. The van der Waals surface area contributed by atoms with E-state index in [1.165, 1.54) is 12.1 Å². The molecule has 3 aromatic rings. The van der Waals surface area contributed by atoms with E-state index in [4.69, 9.17) is 0 Å². The van der Waals surface area contributed by atoms with Crippen molar-refractivity contribution >= 4 is 30.2 Å². The van der Waals surface area contributed by atoms with Gasteiger partial charge >= 0.3 is 59.1 Å². The van der Waals surface area contributed by atoms with Gasteiger partial charge in [0, 0.05) is 5.69 Å². The molecule has 0 aliphatic rings. The molecule has 18 heteroatoms. The molecule has 0 spiro atoms. The molecule has 0 saturated heterocycles. The van der Waals surface area contributed by atoms with Gasteiger partial charge in [0.1, 0.15) is 13.6 Å². The van der Waals surface area contributed by atoms with Crippen LogP contribution in [0.3, 0.4) is 0 Å². The van der Waals surface area contributed by atoms with Crippen LogP contribution in [0.15, 0.2) is 54.6 Å². The summed E-state index contributed by atoms with van der Waals surface area (Å²) in [6, 6.07) is 15.5. The van der Waals surface area contributed by atoms with Crippen molar-refractivity contribution in [1.29, 1.82) is 0 Å². The predicted molar refractivity (Wildman–Crippen MR) is 129 cm³/mol.